The van der Waals surface area contributed by atoms with Gasteiger partial charge in [0, 0.05) is 31.0 Å². The summed E-state index contributed by atoms with van der Waals surface area (Å²) in [6.07, 6.45) is 2.04. The average Bonchev–Trinajstić information content (AvgIpc) is 2.63. The van der Waals surface area contributed by atoms with Gasteiger partial charge in [-0.15, -0.1) is 0 Å². The molecule has 7 nitrogen and oxygen atoms in total. The van der Waals surface area contributed by atoms with Crippen molar-refractivity contribution in [2.45, 2.75) is 24.9 Å². The Morgan fingerprint density at radius 1 is 1.69 bits per heavy atom. The van der Waals surface area contributed by atoms with Gasteiger partial charge in [-0.2, -0.15) is 5.10 Å². The van der Waals surface area contributed by atoms with Gasteiger partial charge in [-0.25, -0.2) is 0 Å². The van der Waals surface area contributed by atoms with Gasteiger partial charge in [0.25, 0.3) is 0 Å². The lowest BCUT2D eigenvalue weighted by atomic mass is 9.96. The number of nitro groups is 1. The van der Waals surface area contributed by atoms with Gasteiger partial charge in [0.2, 0.25) is 11.9 Å². The number of nitrogens with one attached hydrogen (secondary N) is 1. The van der Waals surface area contributed by atoms with Gasteiger partial charge in [0.05, 0.1) is 5.69 Å². The van der Waals surface area contributed by atoms with Crippen LogP contribution in [0.4, 0.5) is 0 Å². The second-order valence-corrected chi connectivity index (χ2v) is 3.82. The second kappa shape index (κ2) is 3.92. The van der Waals surface area contributed by atoms with Crippen molar-refractivity contribution in [1.82, 2.24) is 15.1 Å². The van der Waals surface area contributed by atoms with Crippen LogP contribution in [0.25, 0.3) is 0 Å². The Kier molecular flexibility index (Phi) is 2.59. The van der Waals surface area contributed by atoms with Crippen molar-refractivity contribution in [2.75, 3.05) is 0 Å². The maximum Gasteiger partial charge on any atom is 0.239 e. The minimum absolute atomic E-state index is 0.149. The van der Waals surface area contributed by atoms with Crippen LogP contribution in [0.15, 0.2) is 12.3 Å². The third-order valence-electron chi connectivity index (χ3n) is 2.82. The molecule has 2 heterocycles. The van der Waals surface area contributed by atoms with E-state index in [4.69, 9.17) is 0 Å². The summed E-state index contributed by atoms with van der Waals surface area (Å²) in [7, 11) is 1.70. The fourth-order valence-corrected chi connectivity index (χ4v) is 1.97. The predicted octanol–water partition coefficient (Wildman–Crippen LogP) is 0.0165. The molecule has 0 radical (unpaired) electrons. The van der Waals surface area contributed by atoms with E-state index in [1.807, 2.05) is 0 Å². The first-order chi connectivity index (χ1) is 7.59. The van der Waals surface area contributed by atoms with Crippen molar-refractivity contribution in [3.8, 4) is 0 Å². The van der Waals surface area contributed by atoms with E-state index in [0.29, 0.717) is 5.69 Å². The number of aryl methyl sites for hydroxylation is 1. The summed E-state index contributed by atoms with van der Waals surface area (Å²) in [5, 5.41) is 17.5. The highest BCUT2D eigenvalue weighted by Crippen LogP contribution is 2.25. The van der Waals surface area contributed by atoms with Gasteiger partial charge in [-0.3, -0.25) is 19.6 Å². The van der Waals surface area contributed by atoms with Crippen LogP contribution < -0.4 is 5.32 Å². The van der Waals surface area contributed by atoms with Crippen LogP contribution in [-0.4, -0.2) is 26.7 Å². The standard InChI is InChI=1S/C9H12N4O3/c1-12-6(4-5-10-12)9-7(13(15)16)2-3-8(14)11-9/h4-5,7,9H,2-3H2,1H3,(H,11,14)/t7-,9-/m0/s1. The van der Waals surface area contributed by atoms with Gasteiger partial charge >= 0.3 is 0 Å². The van der Waals surface area contributed by atoms with Crippen molar-refractivity contribution in [1.29, 1.82) is 0 Å². The van der Waals surface area contributed by atoms with Crippen LogP contribution in [0.1, 0.15) is 24.6 Å². The number of amides is 1. The van der Waals surface area contributed by atoms with Crippen molar-refractivity contribution in [3.63, 3.8) is 0 Å². The summed E-state index contributed by atoms with van der Waals surface area (Å²) in [5.74, 6) is -0.149. The number of piperidine rings is 1. The molecular formula is C9H12N4O3. The molecule has 16 heavy (non-hydrogen) atoms. The molecule has 0 unspecified atom stereocenters. The number of hydrogen-bond acceptors (Lipinski definition) is 4. The predicted molar refractivity (Wildman–Crippen MR) is 54.1 cm³/mol. The van der Waals surface area contributed by atoms with E-state index in [2.05, 4.69) is 10.4 Å². The van der Waals surface area contributed by atoms with Crippen molar-refractivity contribution < 1.29 is 9.72 Å². The molecule has 1 saturated heterocycles. The van der Waals surface area contributed by atoms with Crippen LogP contribution in [0.5, 0.6) is 0 Å². The van der Waals surface area contributed by atoms with Crippen LogP contribution in [0, 0.1) is 10.1 Å². The molecule has 0 aromatic carbocycles. The van der Waals surface area contributed by atoms with Crippen molar-refractivity contribution in [2.24, 2.45) is 7.05 Å². The quantitative estimate of drug-likeness (QED) is 0.566. The molecule has 1 aliphatic heterocycles. The molecule has 0 bridgehead atoms. The zero-order valence-electron chi connectivity index (χ0n) is 8.79. The van der Waals surface area contributed by atoms with Crippen LogP contribution in [0.2, 0.25) is 0 Å². The second-order valence-electron chi connectivity index (χ2n) is 3.82. The van der Waals surface area contributed by atoms with Crippen LogP contribution in [-0.2, 0) is 11.8 Å². The van der Waals surface area contributed by atoms with E-state index in [1.165, 1.54) is 0 Å². The molecule has 86 valence electrons. The summed E-state index contributed by atoms with van der Waals surface area (Å²) in [6, 6.07) is 0.337. The maximum atomic E-state index is 11.3. The number of hydrogen-bond donors (Lipinski definition) is 1. The minimum Gasteiger partial charge on any atom is -0.341 e. The summed E-state index contributed by atoms with van der Waals surface area (Å²) >= 11 is 0. The molecule has 1 aromatic heterocycles. The topological polar surface area (TPSA) is 90.1 Å². The lowest BCUT2D eigenvalue weighted by molar-refractivity contribution is -0.530. The van der Waals surface area contributed by atoms with E-state index in [-0.39, 0.29) is 23.7 Å². The summed E-state index contributed by atoms with van der Waals surface area (Å²) in [4.78, 5) is 21.9. The molecule has 2 rings (SSSR count). The zero-order valence-corrected chi connectivity index (χ0v) is 8.79. The number of carbonyl (C=O) groups is 1. The van der Waals surface area contributed by atoms with Crippen molar-refractivity contribution in [3.05, 3.63) is 28.1 Å². The summed E-state index contributed by atoms with van der Waals surface area (Å²) < 4.78 is 1.55. The third kappa shape index (κ3) is 1.75. The fraction of sp³-hybridized carbons (Fsp3) is 0.556. The van der Waals surface area contributed by atoms with Gasteiger partial charge in [-0.05, 0) is 6.07 Å². The van der Waals surface area contributed by atoms with Crippen LogP contribution >= 0.6 is 0 Å². The molecule has 2 atom stereocenters. The molecule has 1 fully saturated rings. The number of aromatic nitrogens is 2. The Balaban J connectivity index is 2.31. The Hall–Kier alpha value is -1.92. The van der Waals surface area contributed by atoms with E-state index in [0.717, 1.165) is 0 Å². The molecule has 0 spiro atoms. The van der Waals surface area contributed by atoms with Crippen molar-refractivity contribution >= 4 is 5.91 Å². The molecule has 1 amide bonds. The maximum absolute atomic E-state index is 11.3. The molecule has 7 heteroatoms. The minimum atomic E-state index is -0.770. The Labute approximate surface area is 91.6 Å². The average molecular weight is 224 g/mol. The van der Waals surface area contributed by atoms with E-state index in [9.17, 15) is 14.9 Å². The van der Waals surface area contributed by atoms with Crippen LogP contribution in [0.3, 0.4) is 0 Å². The highest BCUT2D eigenvalue weighted by Gasteiger charge is 2.39. The van der Waals surface area contributed by atoms with Gasteiger partial charge < -0.3 is 5.32 Å². The lowest BCUT2D eigenvalue weighted by Crippen LogP contribution is -2.45. The van der Waals surface area contributed by atoms with Gasteiger partial charge in [-0.1, -0.05) is 0 Å². The first kappa shape index (κ1) is 10.6. The molecule has 1 aromatic rings. The number of rotatable bonds is 2. The highest BCUT2D eigenvalue weighted by atomic mass is 16.6. The zero-order chi connectivity index (χ0) is 11.7. The van der Waals surface area contributed by atoms with Gasteiger partial charge in [0.1, 0.15) is 6.04 Å². The molecule has 0 aliphatic carbocycles. The largest absolute Gasteiger partial charge is 0.341 e. The third-order valence-corrected chi connectivity index (χ3v) is 2.82. The van der Waals surface area contributed by atoms with Gasteiger partial charge in [0.15, 0.2) is 0 Å². The summed E-state index contributed by atoms with van der Waals surface area (Å²) in [6.45, 7) is 0. The molecule has 1 aliphatic rings. The molecule has 0 saturated carbocycles. The molecular weight excluding hydrogens is 212 g/mol. The SMILES string of the molecule is Cn1nccc1[C@@H]1NC(=O)CC[C@@H]1[N+](=O)[O-]. The van der Waals surface area contributed by atoms with E-state index < -0.39 is 12.1 Å². The normalized spacial score (nSPS) is 25.2. The lowest BCUT2D eigenvalue weighted by Gasteiger charge is -2.26. The Bertz CT molecular complexity index is 428. The summed E-state index contributed by atoms with van der Waals surface area (Å²) in [5.41, 5.74) is 0.662. The fourth-order valence-electron chi connectivity index (χ4n) is 1.97. The first-order valence-corrected chi connectivity index (χ1v) is 5.00. The molecule has 1 N–H and O–H groups in total. The number of nitrogens with zero attached hydrogens (tertiary/aromatic N) is 3. The Morgan fingerprint density at radius 2 is 2.44 bits per heavy atom. The number of carbonyl (C=O) groups excluding carboxylic acids is 1. The Morgan fingerprint density at radius 3 is 3.00 bits per heavy atom. The highest BCUT2D eigenvalue weighted by molar-refractivity contribution is 5.77. The monoisotopic (exact) mass is 224 g/mol. The van der Waals surface area contributed by atoms with E-state index in [1.54, 1.807) is 24.0 Å². The first-order valence-electron chi connectivity index (χ1n) is 5.00. The smallest absolute Gasteiger partial charge is 0.239 e. The van der Waals surface area contributed by atoms with E-state index >= 15 is 0 Å².